The number of carbonyl (C=O) groups excluding carboxylic acids is 1. The van der Waals surface area contributed by atoms with Crippen LogP contribution in [0.1, 0.15) is 29.4 Å². The smallest absolute Gasteiger partial charge is 0.310 e. The second-order valence-electron chi connectivity index (χ2n) is 3.97. The molecule has 4 nitrogen and oxygen atoms in total. The van der Waals surface area contributed by atoms with Gasteiger partial charge in [-0.3, -0.25) is 4.79 Å². The van der Waals surface area contributed by atoms with Crippen LogP contribution in [0, 0.1) is 6.92 Å². The zero-order valence-electron chi connectivity index (χ0n) is 9.76. The first kappa shape index (κ1) is 11.2. The maximum absolute atomic E-state index is 11.5. The van der Waals surface area contributed by atoms with E-state index in [4.69, 9.17) is 9.47 Å². The molecule has 1 aliphatic rings. The molecule has 2 rings (SSSR count). The lowest BCUT2D eigenvalue weighted by Crippen LogP contribution is -2.13. The van der Waals surface area contributed by atoms with Crippen LogP contribution in [-0.4, -0.2) is 24.2 Å². The molecule has 0 bridgehead atoms. The zero-order valence-corrected chi connectivity index (χ0v) is 9.76. The summed E-state index contributed by atoms with van der Waals surface area (Å²) in [5.74, 6) is -0.169. The number of aryl methyl sites for hydroxylation is 1. The van der Waals surface area contributed by atoms with Crippen molar-refractivity contribution in [1.82, 2.24) is 4.98 Å². The van der Waals surface area contributed by atoms with E-state index in [1.807, 2.05) is 13.8 Å². The van der Waals surface area contributed by atoms with Gasteiger partial charge in [-0.15, -0.1) is 0 Å². The molecule has 0 spiro atoms. The lowest BCUT2D eigenvalue weighted by Gasteiger charge is -2.13. The highest BCUT2D eigenvalue weighted by molar-refractivity contribution is 5.73. The van der Waals surface area contributed by atoms with E-state index < -0.39 is 0 Å². The Labute approximate surface area is 94.9 Å². The van der Waals surface area contributed by atoms with Crippen LogP contribution in [0.25, 0.3) is 0 Å². The molecule has 0 aliphatic carbocycles. The number of rotatable bonds is 3. The molecule has 2 heterocycles. The molecule has 0 fully saturated rings. The number of carbonyl (C=O) groups is 1. The summed E-state index contributed by atoms with van der Waals surface area (Å²) >= 11 is 0. The highest BCUT2D eigenvalue weighted by atomic mass is 16.5. The molecule has 4 heteroatoms. The van der Waals surface area contributed by atoms with Gasteiger partial charge in [-0.05, 0) is 19.4 Å². The molecule has 0 saturated heterocycles. The number of hydrogen-bond acceptors (Lipinski definition) is 3. The van der Waals surface area contributed by atoms with Crippen molar-refractivity contribution in [2.45, 2.75) is 33.3 Å². The zero-order chi connectivity index (χ0) is 11.5. The number of aromatic amines is 1. The Bertz CT molecular complexity index is 395. The Morgan fingerprint density at radius 1 is 1.56 bits per heavy atom. The van der Waals surface area contributed by atoms with Crippen LogP contribution < -0.4 is 0 Å². The van der Waals surface area contributed by atoms with Crippen molar-refractivity contribution in [3.63, 3.8) is 0 Å². The molecule has 0 radical (unpaired) electrons. The minimum absolute atomic E-state index is 0.169. The average Bonchev–Trinajstić information content (AvgIpc) is 2.56. The molecule has 1 aliphatic heterocycles. The third-order valence-electron chi connectivity index (χ3n) is 2.89. The van der Waals surface area contributed by atoms with Crippen LogP contribution in [-0.2, 0) is 33.7 Å². The van der Waals surface area contributed by atoms with E-state index >= 15 is 0 Å². The number of nitrogens with one attached hydrogen (secondary N) is 1. The van der Waals surface area contributed by atoms with Crippen molar-refractivity contribution < 1.29 is 14.3 Å². The first-order valence-corrected chi connectivity index (χ1v) is 5.65. The fraction of sp³-hybridized carbons (Fsp3) is 0.583. The first-order chi connectivity index (χ1) is 7.72. The van der Waals surface area contributed by atoms with E-state index in [9.17, 15) is 4.79 Å². The van der Waals surface area contributed by atoms with Crippen LogP contribution in [0.3, 0.4) is 0 Å². The minimum atomic E-state index is -0.169. The largest absolute Gasteiger partial charge is 0.466 e. The van der Waals surface area contributed by atoms with Crippen LogP contribution in [0.2, 0.25) is 0 Å². The summed E-state index contributed by atoms with van der Waals surface area (Å²) in [5, 5.41) is 0. The van der Waals surface area contributed by atoms with Gasteiger partial charge in [0.1, 0.15) is 0 Å². The molecule has 1 N–H and O–H groups in total. The van der Waals surface area contributed by atoms with Crippen LogP contribution in [0.4, 0.5) is 0 Å². The highest BCUT2D eigenvalue weighted by Crippen LogP contribution is 2.24. The quantitative estimate of drug-likeness (QED) is 0.790. The summed E-state index contributed by atoms with van der Waals surface area (Å²) in [6.45, 7) is 5.61. The van der Waals surface area contributed by atoms with Crippen molar-refractivity contribution in [2.75, 3.05) is 13.2 Å². The summed E-state index contributed by atoms with van der Waals surface area (Å²) in [6, 6.07) is 0. The topological polar surface area (TPSA) is 51.3 Å². The van der Waals surface area contributed by atoms with E-state index in [1.54, 1.807) is 0 Å². The predicted octanol–water partition coefficient (Wildman–Crippen LogP) is 1.50. The van der Waals surface area contributed by atoms with Gasteiger partial charge in [-0.1, -0.05) is 0 Å². The van der Waals surface area contributed by atoms with Gasteiger partial charge >= 0.3 is 5.97 Å². The summed E-state index contributed by atoms with van der Waals surface area (Å²) in [4.78, 5) is 14.8. The van der Waals surface area contributed by atoms with E-state index in [1.165, 1.54) is 5.69 Å². The SMILES string of the molecule is CCOC(=O)Cc1c(C)[nH]c2c1COCC2. The summed E-state index contributed by atoms with van der Waals surface area (Å²) in [6.07, 6.45) is 1.24. The van der Waals surface area contributed by atoms with Gasteiger partial charge in [-0.2, -0.15) is 0 Å². The molecule has 88 valence electrons. The van der Waals surface area contributed by atoms with Crippen molar-refractivity contribution in [3.8, 4) is 0 Å². The number of esters is 1. The van der Waals surface area contributed by atoms with Crippen molar-refractivity contribution in [3.05, 3.63) is 22.5 Å². The maximum atomic E-state index is 11.5. The molecule has 1 aromatic heterocycles. The van der Waals surface area contributed by atoms with Crippen LogP contribution in [0.5, 0.6) is 0 Å². The van der Waals surface area contributed by atoms with Crippen molar-refractivity contribution in [2.24, 2.45) is 0 Å². The summed E-state index contributed by atoms with van der Waals surface area (Å²) < 4.78 is 10.4. The molecule has 0 saturated carbocycles. The Kier molecular flexibility index (Phi) is 3.29. The second kappa shape index (κ2) is 4.70. The molecule has 1 aromatic rings. The molecule has 0 amide bonds. The van der Waals surface area contributed by atoms with E-state index in [0.717, 1.165) is 29.8 Å². The van der Waals surface area contributed by atoms with E-state index in [-0.39, 0.29) is 5.97 Å². The van der Waals surface area contributed by atoms with E-state index in [2.05, 4.69) is 4.98 Å². The van der Waals surface area contributed by atoms with E-state index in [0.29, 0.717) is 19.6 Å². The monoisotopic (exact) mass is 223 g/mol. The number of aromatic nitrogens is 1. The molecule has 0 aromatic carbocycles. The molecule has 0 unspecified atom stereocenters. The third kappa shape index (κ3) is 2.11. The van der Waals surface area contributed by atoms with Crippen LogP contribution >= 0.6 is 0 Å². The lowest BCUT2D eigenvalue weighted by atomic mass is 10.0. The Morgan fingerprint density at radius 2 is 2.38 bits per heavy atom. The normalized spacial score (nSPS) is 14.6. The molecule has 16 heavy (non-hydrogen) atoms. The van der Waals surface area contributed by atoms with Gasteiger partial charge in [0.05, 0.1) is 26.2 Å². The summed E-state index contributed by atoms with van der Waals surface area (Å²) in [5.41, 5.74) is 4.47. The Morgan fingerprint density at radius 3 is 3.12 bits per heavy atom. The fourth-order valence-corrected chi connectivity index (χ4v) is 2.12. The van der Waals surface area contributed by atoms with Crippen LogP contribution in [0.15, 0.2) is 0 Å². The van der Waals surface area contributed by atoms with Gasteiger partial charge in [-0.25, -0.2) is 0 Å². The fourth-order valence-electron chi connectivity index (χ4n) is 2.12. The first-order valence-electron chi connectivity index (χ1n) is 5.65. The summed E-state index contributed by atoms with van der Waals surface area (Å²) in [7, 11) is 0. The Balaban J connectivity index is 2.19. The van der Waals surface area contributed by atoms with Crippen molar-refractivity contribution >= 4 is 5.97 Å². The molecular weight excluding hydrogens is 206 g/mol. The lowest BCUT2D eigenvalue weighted by molar-refractivity contribution is -0.142. The molecule has 0 atom stereocenters. The average molecular weight is 223 g/mol. The number of ether oxygens (including phenoxy) is 2. The maximum Gasteiger partial charge on any atom is 0.310 e. The number of hydrogen-bond donors (Lipinski definition) is 1. The van der Waals surface area contributed by atoms with Gasteiger partial charge in [0.15, 0.2) is 0 Å². The van der Waals surface area contributed by atoms with Gasteiger partial charge < -0.3 is 14.5 Å². The highest BCUT2D eigenvalue weighted by Gasteiger charge is 2.20. The minimum Gasteiger partial charge on any atom is -0.466 e. The molecular formula is C12H17NO3. The standard InChI is InChI=1S/C12H17NO3/c1-3-16-12(14)6-9-8(2)13-11-4-5-15-7-10(9)11/h13H,3-7H2,1-2H3. The number of fused-ring (bicyclic) bond motifs is 1. The number of H-pyrrole nitrogens is 1. The van der Waals surface area contributed by atoms with Gasteiger partial charge in [0, 0.05) is 23.4 Å². The van der Waals surface area contributed by atoms with Gasteiger partial charge in [0.25, 0.3) is 0 Å². The Hall–Kier alpha value is -1.29. The van der Waals surface area contributed by atoms with Gasteiger partial charge in [0.2, 0.25) is 0 Å². The predicted molar refractivity (Wildman–Crippen MR) is 59.2 cm³/mol. The second-order valence-corrected chi connectivity index (χ2v) is 3.97. The third-order valence-corrected chi connectivity index (χ3v) is 2.89. The van der Waals surface area contributed by atoms with Crippen molar-refractivity contribution in [1.29, 1.82) is 0 Å².